The van der Waals surface area contributed by atoms with E-state index >= 15 is 0 Å². The monoisotopic (exact) mass is 208 g/mol. The lowest BCUT2D eigenvalue weighted by Gasteiger charge is -2.01. The fourth-order valence-corrected chi connectivity index (χ4v) is 1.49. The minimum atomic E-state index is 0.0694. The molecule has 0 aliphatic rings. The van der Waals surface area contributed by atoms with Gasteiger partial charge in [0, 0.05) is 5.56 Å². The Morgan fingerprint density at radius 1 is 1.29 bits per heavy atom. The van der Waals surface area contributed by atoms with Gasteiger partial charge in [0.05, 0.1) is 0 Å². The number of rotatable bonds is 1. The topological polar surface area (TPSA) is 38.9 Å². The first-order valence-electron chi connectivity index (χ1n) is 4.23. The number of nitrogens with zero attached hydrogens (tertiary/aromatic N) is 2. The molecular formula is C10H9ClN2O. The average molecular weight is 209 g/mol. The lowest BCUT2D eigenvalue weighted by molar-refractivity contribution is 0.421. The predicted molar refractivity (Wildman–Crippen MR) is 54.2 cm³/mol. The van der Waals surface area contributed by atoms with Crippen LogP contribution >= 0.6 is 11.6 Å². The first kappa shape index (κ1) is 9.21. The highest BCUT2D eigenvalue weighted by Gasteiger charge is 2.08. The summed E-state index contributed by atoms with van der Waals surface area (Å²) < 4.78 is 4.71. The molecule has 0 saturated carbocycles. The Morgan fingerprint density at radius 2 is 2.07 bits per heavy atom. The molecule has 3 nitrogen and oxygen atoms in total. The summed E-state index contributed by atoms with van der Waals surface area (Å²) in [7, 11) is 0. The van der Waals surface area contributed by atoms with Crippen LogP contribution in [0, 0.1) is 13.8 Å². The second-order valence-corrected chi connectivity index (χ2v) is 3.51. The summed E-state index contributed by atoms with van der Waals surface area (Å²) in [4.78, 5) is 3.96. The van der Waals surface area contributed by atoms with Crippen molar-refractivity contribution in [2.45, 2.75) is 13.8 Å². The maximum Gasteiger partial charge on any atom is 0.320 e. The molecule has 0 N–H and O–H groups in total. The van der Waals surface area contributed by atoms with Crippen LogP contribution in [0.1, 0.15) is 11.1 Å². The summed E-state index contributed by atoms with van der Waals surface area (Å²) >= 11 is 5.55. The van der Waals surface area contributed by atoms with Crippen molar-refractivity contribution in [3.63, 3.8) is 0 Å². The number of hydrogen-bond donors (Lipinski definition) is 0. The molecule has 0 amide bonds. The summed E-state index contributed by atoms with van der Waals surface area (Å²) in [5.74, 6) is 0.535. The Bertz CT molecular complexity index is 465. The highest BCUT2D eigenvalue weighted by atomic mass is 35.5. The second-order valence-electron chi connectivity index (χ2n) is 3.19. The van der Waals surface area contributed by atoms with Gasteiger partial charge in [0.1, 0.15) is 0 Å². The van der Waals surface area contributed by atoms with Crippen LogP contribution in [0.3, 0.4) is 0 Å². The quantitative estimate of drug-likeness (QED) is 0.723. The number of benzene rings is 1. The zero-order chi connectivity index (χ0) is 10.1. The van der Waals surface area contributed by atoms with Crippen LogP contribution in [0.5, 0.6) is 0 Å². The van der Waals surface area contributed by atoms with Crippen molar-refractivity contribution in [1.29, 1.82) is 0 Å². The van der Waals surface area contributed by atoms with Crippen molar-refractivity contribution in [2.75, 3.05) is 0 Å². The SMILES string of the molecule is Cc1ccc(-c2noc(Cl)n2)c(C)c1. The Hall–Kier alpha value is -1.35. The van der Waals surface area contributed by atoms with Gasteiger partial charge in [-0.15, -0.1) is 0 Å². The van der Waals surface area contributed by atoms with Crippen LogP contribution < -0.4 is 0 Å². The largest absolute Gasteiger partial charge is 0.321 e. The molecule has 4 heteroatoms. The van der Waals surface area contributed by atoms with Gasteiger partial charge in [-0.25, -0.2) is 0 Å². The van der Waals surface area contributed by atoms with Gasteiger partial charge in [-0.3, -0.25) is 0 Å². The zero-order valence-electron chi connectivity index (χ0n) is 7.91. The Balaban J connectivity index is 2.52. The fourth-order valence-electron chi connectivity index (χ4n) is 1.38. The van der Waals surface area contributed by atoms with E-state index in [4.69, 9.17) is 16.1 Å². The molecule has 2 aromatic rings. The molecule has 0 fully saturated rings. The molecule has 0 spiro atoms. The molecule has 0 saturated heterocycles. The molecule has 72 valence electrons. The van der Waals surface area contributed by atoms with Crippen molar-refractivity contribution in [3.05, 3.63) is 34.7 Å². The van der Waals surface area contributed by atoms with Gasteiger partial charge in [0.25, 0.3) is 0 Å². The third-order valence-electron chi connectivity index (χ3n) is 2.02. The van der Waals surface area contributed by atoms with Crippen LogP contribution in [0.15, 0.2) is 22.7 Å². The number of aromatic nitrogens is 2. The van der Waals surface area contributed by atoms with E-state index in [0.717, 1.165) is 11.1 Å². The van der Waals surface area contributed by atoms with Crippen molar-refractivity contribution in [2.24, 2.45) is 0 Å². The summed E-state index contributed by atoms with van der Waals surface area (Å²) in [5.41, 5.74) is 3.27. The molecule has 0 aliphatic carbocycles. The lowest BCUT2D eigenvalue weighted by atomic mass is 10.1. The molecule has 0 aliphatic heterocycles. The van der Waals surface area contributed by atoms with Gasteiger partial charge in [-0.2, -0.15) is 4.98 Å². The third kappa shape index (κ3) is 1.63. The molecule has 0 radical (unpaired) electrons. The van der Waals surface area contributed by atoms with Crippen LogP contribution in [0.2, 0.25) is 5.35 Å². The molecule has 1 heterocycles. The number of aryl methyl sites for hydroxylation is 2. The standard InChI is InChI=1S/C10H9ClN2O/c1-6-3-4-8(7(2)5-6)9-12-10(11)14-13-9/h3-5H,1-2H3. The van der Waals surface area contributed by atoms with Crippen LogP contribution in [-0.4, -0.2) is 10.1 Å². The van der Waals surface area contributed by atoms with Crippen molar-refractivity contribution < 1.29 is 4.52 Å². The Morgan fingerprint density at radius 3 is 2.64 bits per heavy atom. The van der Waals surface area contributed by atoms with E-state index in [9.17, 15) is 0 Å². The summed E-state index contributed by atoms with van der Waals surface area (Å²) in [5, 5.41) is 3.83. The summed E-state index contributed by atoms with van der Waals surface area (Å²) in [6, 6.07) is 6.04. The second kappa shape index (κ2) is 3.42. The van der Waals surface area contributed by atoms with Gasteiger partial charge < -0.3 is 4.52 Å². The molecule has 1 aromatic carbocycles. The van der Waals surface area contributed by atoms with E-state index in [2.05, 4.69) is 16.2 Å². The van der Waals surface area contributed by atoms with E-state index < -0.39 is 0 Å². The lowest BCUT2D eigenvalue weighted by Crippen LogP contribution is -1.86. The van der Waals surface area contributed by atoms with E-state index in [1.165, 1.54) is 5.56 Å². The maximum atomic E-state index is 5.55. The minimum Gasteiger partial charge on any atom is -0.321 e. The Labute approximate surface area is 86.7 Å². The third-order valence-corrected chi connectivity index (χ3v) is 2.18. The van der Waals surface area contributed by atoms with Crippen molar-refractivity contribution in [3.8, 4) is 11.4 Å². The Kier molecular flexibility index (Phi) is 2.25. The van der Waals surface area contributed by atoms with E-state index in [1.807, 2.05) is 26.0 Å². The molecule has 0 bridgehead atoms. The van der Waals surface area contributed by atoms with Crippen molar-refractivity contribution >= 4 is 11.6 Å². The van der Waals surface area contributed by atoms with Gasteiger partial charge >= 0.3 is 5.35 Å². The van der Waals surface area contributed by atoms with Gasteiger partial charge in [0.2, 0.25) is 5.82 Å². The van der Waals surface area contributed by atoms with Crippen molar-refractivity contribution in [1.82, 2.24) is 10.1 Å². The summed E-state index contributed by atoms with van der Waals surface area (Å²) in [6.45, 7) is 4.05. The average Bonchev–Trinajstić information content (AvgIpc) is 2.51. The summed E-state index contributed by atoms with van der Waals surface area (Å²) in [6.07, 6.45) is 0. The number of halogens is 1. The highest BCUT2D eigenvalue weighted by Crippen LogP contribution is 2.22. The first-order chi connectivity index (χ1) is 6.66. The van der Waals surface area contributed by atoms with Crippen LogP contribution in [0.25, 0.3) is 11.4 Å². The highest BCUT2D eigenvalue weighted by molar-refractivity contribution is 6.27. The molecule has 1 aromatic heterocycles. The minimum absolute atomic E-state index is 0.0694. The maximum absolute atomic E-state index is 5.55. The molecule has 0 atom stereocenters. The normalized spacial score (nSPS) is 10.5. The fraction of sp³-hybridized carbons (Fsp3) is 0.200. The van der Waals surface area contributed by atoms with E-state index in [0.29, 0.717) is 5.82 Å². The smallest absolute Gasteiger partial charge is 0.320 e. The zero-order valence-corrected chi connectivity index (χ0v) is 8.67. The first-order valence-corrected chi connectivity index (χ1v) is 4.61. The molecule has 2 rings (SSSR count). The predicted octanol–water partition coefficient (Wildman–Crippen LogP) is 3.01. The van der Waals surface area contributed by atoms with Gasteiger partial charge in [0.15, 0.2) is 0 Å². The molecular weight excluding hydrogens is 200 g/mol. The van der Waals surface area contributed by atoms with Gasteiger partial charge in [-0.05, 0) is 31.0 Å². The van der Waals surface area contributed by atoms with Crippen LogP contribution in [-0.2, 0) is 0 Å². The molecule has 0 unspecified atom stereocenters. The van der Waals surface area contributed by atoms with E-state index in [-0.39, 0.29) is 5.35 Å². The number of hydrogen-bond acceptors (Lipinski definition) is 3. The van der Waals surface area contributed by atoms with E-state index in [1.54, 1.807) is 0 Å². The molecule has 14 heavy (non-hydrogen) atoms. The van der Waals surface area contributed by atoms with Gasteiger partial charge in [-0.1, -0.05) is 28.9 Å². The van der Waals surface area contributed by atoms with Crippen LogP contribution in [0.4, 0.5) is 0 Å².